The highest BCUT2D eigenvalue weighted by Gasteiger charge is 2.77. The molecule has 3 aliphatic heterocycles. The Bertz CT molecular complexity index is 653. The predicted molar refractivity (Wildman–Crippen MR) is 104 cm³/mol. The Morgan fingerprint density at radius 2 is 2.00 bits per heavy atom. The highest BCUT2D eigenvalue weighted by molar-refractivity contribution is 8.02. The summed E-state index contributed by atoms with van der Waals surface area (Å²) in [5, 5.41) is 15.6. The molecule has 3 rings (SSSR count). The number of likely N-dealkylation sites (tertiary alicyclic amines) is 1. The summed E-state index contributed by atoms with van der Waals surface area (Å²) in [6.45, 7) is 7.54. The maximum Gasteiger partial charge on any atom is 0.244 e. The maximum absolute atomic E-state index is 13.5. The van der Waals surface area contributed by atoms with Gasteiger partial charge in [-0.3, -0.25) is 14.4 Å². The van der Waals surface area contributed by atoms with Crippen LogP contribution in [0.4, 0.5) is 0 Å². The number of aliphatic hydroxyl groups excluding tert-OH is 1. The molecule has 0 aromatic carbocycles. The summed E-state index contributed by atoms with van der Waals surface area (Å²) in [4.78, 5) is 41.1. The topological polar surface area (TPSA) is 98.7 Å². The fourth-order valence-corrected chi connectivity index (χ4v) is 7.73. The van der Waals surface area contributed by atoms with E-state index >= 15 is 0 Å². The van der Waals surface area contributed by atoms with Crippen molar-refractivity contribution >= 4 is 29.5 Å². The number of nitrogens with zero attached hydrogens (tertiary/aromatic N) is 1. The van der Waals surface area contributed by atoms with E-state index in [1.807, 2.05) is 27.7 Å². The number of aliphatic hydroxyl groups is 1. The second-order valence-electron chi connectivity index (χ2n) is 8.50. The van der Waals surface area contributed by atoms with Gasteiger partial charge in [0.1, 0.15) is 6.04 Å². The quantitative estimate of drug-likeness (QED) is 0.607. The van der Waals surface area contributed by atoms with Gasteiger partial charge in [0.05, 0.1) is 29.2 Å². The first-order valence-corrected chi connectivity index (χ1v) is 10.6. The van der Waals surface area contributed by atoms with Crippen molar-refractivity contribution in [1.29, 1.82) is 0 Å². The Kier molecular flexibility index (Phi) is 5.27. The number of carbonyl (C=O) groups excluding carboxylic acids is 3. The van der Waals surface area contributed by atoms with E-state index in [-0.39, 0.29) is 35.1 Å². The molecule has 152 valence electrons. The van der Waals surface area contributed by atoms with Gasteiger partial charge >= 0.3 is 0 Å². The first kappa shape index (κ1) is 20.5. The van der Waals surface area contributed by atoms with Gasteiger partial charge in [0.2, 0.25) is 17.7 Å². The van der Waals surface area contributed by atoms with E-state index in [1.54, 1.807) is 23.7 Å². The zero-order chi connectivity index (χ0) is 20.1. The Morgan fingerprint density at radius 3 is 2.52 bits per heavy atom. The fourth-order valence-electron chi connectivity index (χ4n) is 5.39. The van der Waals surface area contributed by atoms with E-state index in [0.717, 1.165) is 12.8 Å². The fraction of sp³-hybridized carbons (Fsp3) is 0.842. The molecular formula is C19H31N3O4S. The van der Waals surface area contributed by atoms with Crippen molar-refractivity contribution in [2.75, 3.05) is 13.7 Å². The average molecular weight is 398 g/mol. The summed E-state index contributed by atoms with van der Waals surface area (Å²) in [7, 11) is 1.59. The number of amides is 3. The first-order valence-electron chi connectivity index (χ1n) is 9.82. The van der Waals surface area contributed by atoms with Crippen molar-refractivity contribution in [2.24, 2.45) is 11.8 Å². The van der Waals surface area contributed by atoms with Crippen LogP contribution in [0.3, 0.4) is 0 Å². The standard InChI is InChI=1S/C19H31N3O4S/c1-6-11(9-23)22-14(16(25)21-10(2)3)19-8-7-18(4,27-19)12(15(24)20-5)13(19)17(22)26/h10-14,23H,6-9H2,1-5H3,(H,20,24)(H,21,25)/t11-,12+,13-,14?,18-,19?/m0/s1. The summed E-state index contributed by atoms with van der Waals surface area (Å²) in [6.07, 6.45) is 2.09. The molecule has 1 spiro atoms. The molecule has 2 bridgehead atoms. The Balaban J connectivity index is 2.11. The molecule has 3 N–H and O–H groups in total. The van der Waals surface area contributed by atoms with Crippen molar-refractivity contribution < 1.29 is 19.5 Å². The smallest absolute Gasteiger partial charge is 0.244 e. The lowest BCUT2D eigenvalue weighted by Gasteiger charge is -2.37. The van der Waals surface area contributed by atoms with Crippen molar-refractivity contribution in [3.63, 3.8) is 0 Å². The van der Waals surface area contributed by atoms with Crippen LogP contribution in [-0.4, -0.2) is 69.0 Å². The molecule has 3 amide bonds. The van der Waals surface area contributed by atoms with Gasteiger partial charge in [-0.05, 0) is 40.0 Å². The number of thioether (sulfide) groups is 1. The van der Waals surface area contributed by atoms with Gasteiger partial charge in [-0.25, -0.2) is 0 Å². The monoisotopic (exact) mass is 397 g/mol. The second kappa shape index (κ2) is 6.95. The van der Waals surface area contributed by atoms with Crippen LogP contribution >= 0.6 is 11.8 Å². The van der Waals surface area contributed by atoms with Gasteiger partial charge in [0.25, 0.3) is 0 Å². The molecule has 0 aromatic heterocycles. The van der Waals surface area contributed by atoms with Crippen molar-refractivity contribution in [3.05, 3.63) is 0 Å². The third-order valence-electron chi connectivity index (χ3n) is 6.50. The molecule has 6 atom stereocenters. The number of hydrogen-bond acceptors (Lipinski definition) is 5. The zero-order valence-corrected chi connectivity index (χ0v) is 17.6. The highest BCUT2D eigenvalue weighted by Crippen LogP contribution is 2.71. The molecule has 0 radical (unpaired) electrons. The number of nitrogens with one attached hydrogen (secondary N) is 2. The molecule has 27 heavy (non-hydrogen) atoms. The summed E-state index contributed by atoms with van der Waals surface area (Å²) >= 11 is 1.65. The van der Waals surface area contributed by atoms with Crippen molar-refractivity contribution in [2.45, 2.75) is 74.6 Å². The molecule has 3 fully saturated rings. The van der Waals surface area contributed by atoms with Crippen LogP contribution in [-0.2, 0) is 14.4 Å². The van der Waals surface area contributed by atoms with Crippen molar-refractivity contribution in [1.82, 2.24) is 15.5 Å². The average Bonchev–Trinajstić information content (AvgIpc) is 3.16. The van der Waals surface area contributed by atoms with Crippen LogP contribution in [0, 0.1) is 11.8 Å². The largest absolute Gasteiger partial charge is 0.394 e. The molecule has 3 saturated heterocycles. The van der Waals surface area contributed by atoms with E-state index in [9.17, 15) is 19.5 Å². The van der Waals surface area contributed by atoms with Crippen LogP contribution in [0.5, 0.6) is 0 Å². The minimum absolute atomic E-state index is 0.0481. The lowest BCUT2D eigenvalue weighted by Crippen LogP contribution is -2.57. The molecule has 0 aliphatic carbocycles. The Hall–Kier alpha value is -1.28. The van der Waals surface area contributed by atoms with Gasteiger partial charge in [0, 0.05) is 17.8 Å². The van der Waals surface area contributed by atoms with Crippen LogP contribution in [0.1, 0.15) is 47.0 Å². The molecular weight excluding hydrogens is 366 g/mol. The van der Waals surface area contributed by atoms with Crippen LogP contribution < -0.4 is 10.6 Å². The third kappa shape index (κ3) is 2.78. The van der Waals surface area contributed by atoms with E-state index in [2.05, 4.69) is 10.6 Å². The summed E-state index contributed by atoms with van der Waals surface area (Å²) < 4.78 is -0.950. The first-order chi connectivity index (χ1) is 12.7. The van der Waals surface area contributed by atoms with E-state index in [1.165, 1.54) is 0 Å². The highest BCUT2D eigenvalue weighted by atomic mass is 32.2. The lowest BCUT2D eigenvalue weighted by atomic mass is 9.66. The SMILES string of the molecule is CC[C@@H](CO)N1C(=O)[C@@H]2[C@H](C(=O)NC)[C@]3(C)CCC2(S3)C1C(=O)NC(C)C. The van der Waals surface area contributed by atoms with Gasteiger partial charge in [-0.1, -0.05) is 6.92 Å². The van der Waals surface area contributed by atoms with Crippen LogP contribution in [0.2, 0.25) is 0 Å². The molecule has 7 nitrogen and oxygen atoms in total. The summed E-state index contributed by atoms with van der Waals surface area (Å²) in [5.74, 6) is -1.45. The van der Waals surface area contributed by atoms with E-state index < -0.39 is 28.7 Å². The van der Waals surface area contributed by atoms with Gasteiger partial charge < -0.3 is 20.6 Å². The maximum atomic E-state index is 13.5. The Labute approximate surface area is 165 Å². The van der Waals surface area contributed by atoms with Crippen LogP contribution in [0.25, 0.3) is 0 Å². The third-order valence-corrected chi connectivity index (χ3v) is 8.48. The lowest BCUT2D eigenvalue weighted by molar-refractivity contribution is -0.143. The molecule has 3 aliphatic rings. The Morgan fingerprint density at radius 1 is 1.33 bits per heavy atom. The molecule has 3 heterocycles. The molecule has 2 unspecified atom stereocenters. The number of fused-ring (bicyclic) bond motifs is 1. The number of carbonyl (C=O) groups is 3. The zero-order valence-electron chi connectivity index (χ0n) is 16.7. The number of rotatable bonds is 6. The van der Waals surface area contributed by atoms with E-state index in [4.69, 9.17) is 0 Å². The normalized spacial score (nSPS) is 38.3. The van der Waals surface area contributed by atoms with Gasteiger partial charge in [-0.2, -0.15) is 0 Å². The van der Waals surface area contributed by atoms with Gasteiger partial charge in [-0.15, -0.1) is 11.8 Å². The summed E-state index contributed by atoms with van der Waals surface area (Å²) in [6, 6.07) is -1.12. The predicted octanol–water partition coefficient (Wildman–Crippen LogP) is 0.509. The minimum Gasteiger partial charge on any atom is -0.394 e. The summed E-state index contributed by atoms with van der Waals surface area (Å²) in [5.41, 5.74) is 0. The van der Waals surface area contributed by atoms with Crippen LogP contribution in [0.15, 0.2) is 0 Å². The molecule has 0 aromatic rings. The number of hydrogen-bond donors (Lipinski definition) is 3. The molecule has 8 heteroatoms. The van der Waals surface area contributed by atoms with Gasteiger partial charge in [0.15, 0.2) is 0 Å². The van der Waals surface area contributed by atoms with E-state index in [0.29, 0.717) is 6.42 Å². The van der Waals surface area contributed by atoms with Crippen molar-refractivity contribution in [3.8, 4) is 0 Å². The molecule has 0 saturated carbocycles. The second-order valence-corrected chi connectivity index (χ2v) is 10.4. The minimum atomic E-state index is -0.656.